The van der Waals surface area contributed by atoms with Crippen LogP contribution >= 0.6 is 0 Å². The molecule has 134 valence electrons. The first-order valence-electron chi connectivity index (χ1n) is 9.08. The third-order valence-electron chi connectivity index (χ3n) is 4.95. The van der Waals surface area contributed by atoms with Crippen LogP contribution in [-0.4, -0.2) is 52.8 Å². The van der Waals surface area contributed by atoms with Crippen molar-refractivity contribution in [1.29, 1.82) is 0 Å². The minimum atomic E-state index is -0.221. The number of β-amino-alcohol motifs (C(OH)–C–C–N with tert-alkyl or cyclic N) is 1. The van der Waals surface area contributed by atoms with Gasteiger partial charge in [0, 0.05) is 24.2 Å². The molecule has 0 amide bonds. The summed E-state index contributed by atoms with van der Waals surface area (Å²) in [5, 5.41) is 9.83. The number of piperidine rings is 1. The molecule has 1 N–H and O–H groups in total. The Morgan fingerprint density at radius 3 is 2.72 bits per heavy atom. The fraction of sp³-hybridized carbons (Fsp3) is 0.500. The first kappa shape index (κ1) is 17.8. The van der Waals surface area contributed by atoms with Gasteiger partial charge in [0.25, 0.3) is 0 Å². The molecular formula is C20H27N3O2. The molecule has 25 heavy (non-hydrogen) atoms. The lowest BCUT2D eigenvalue weighted by molar-refractivity contribution is 0.0938. The Bertz CT molecular complexity index is 684. The normalized spacial score (nSPS) is 17.4. The quantitative estimate of drug-likeness (QED) is 0.875. The van der Waals surface area contributed by atoms with Crippen LogP contribution in [0.1, 0.15) is 37.9 Å². The van der Waals surface area contributed by atoms with Crippen molar-refractivity contribution in [3.8, 4) is 17.0 Å². The minimum absolute atomic E-state index is 0.221. The number of hydrogen-bond donors (Lipinski definition) is 1. The van der Waals surface area contributed by atoms with Crippen molar-refractivity contribution in [3.05, 3.63) is 42.4 Å². The summed E-state index contributed by atoms with van der Waals surface area (Å²) in [6.45, 7) is 4.77. The zero-order valence-electron chi connectivity index (χ0n) is 15.1. The number of benzene rings is 1. The SMILES string of the molecule is CC[C@@H](O)CN1CCC(c2nccc(-c3ccccc3OC)n2)CC1. The average molecular weight is 341 g/mol. The van der Waals surface area contributed by atoms with Gasteiger partial charge in [-0.1, -0.05) is 19.1 Å². The molecule has 2 heterocycles. The van der Waals surface area contributed by atoms with Gasteiger partial charge in [0.15, 0.2) is 0 Å². The van der Waals surface area contributed by atoms with Gasteiger partial charge in [-0.3, -0.25) is 0 Å². The van der Waals surface area contributed by atoms with Gasteiger partial charge in [-0.2, -0.15) is 0 Å². The number of likely N-dealkylation sites (tertiary alicyclic amines) is 1. The molecule has 0 spiro atoms. The van der Waals surface area contributed by atoms with Crippen molar-refractivity contribution in [1.82, 2.24) is 14.9 Å². The van der Waals surface area contributed by atoms with Crippen LogP contribution in [-0.2, 0) is 0 Å². The largest absolute Gasteiger partial charge is 0.496 e. The third-order valence-corrected chi connectivity index (χ3v) is 4.95. The molecule has 0 saturated carbocycles. The van der Waals surface area contributed by atoms with E-state index >= 15 is 0 Å². The summed E-state index contributed by atoms with van der Waals surface area (Å²) in [6.07, 6.45) is 4.50. The number of ether oxygens (including phenoxy) is 1. The highest BCUT2D eigenvalue weighted by Gasteiger charge is 2.24. The molecule has 1 aliphatic rings. The average Bonchev–Trinajstić information content (AvgIpc) is 2.68. The van der Waals surface area contributed by atoms with E-state index in [9.17, 15) is 5.11 Å². The van der Waals surface area contributed by atoms with Gasteiger partial charge < -0.3 is 14.7 Å². The van der Waals surface area contributed by atoms with Crippen molar-refractivity contribution >= 4 is 0 Å². The second kappa shape index (κ2) is 8.41. The molecule has 0 aliphatic carbocycles. The van der Waals surface area contributed by atoms with E-state index in [2.05, 4.69) is 9.88 Å². The molecule has 1 aromatic carbocycles. The summed E-state index contributed by atoms with van der Waals surface area (Å²) >= 11 is 0. The topological polar surface area (TPSA) is 58.5 Å². The van der Waals surface area contributed by atoms with E-state index in [4.69, 9.17) is 9.72 Å². The molecule has 1 aromatic heterocycles. The minimum Gasteiger partial charge on any atom is -0.496 e. The first-order chi connectivity index (χ1) is 12.2. The number of aliphatic hydroxyl groups is 1. The van der Waals surface area contributed by atoms with Crippen LogP contribution in [0.4, 0.5) is 0 Å². The van der Waals surface area contributed by atoms with E-state index in [1.807, 2.05) is 43.5 Å². The Labute approximate surface area is 149 Å². The van der Waals surface area contributed by atoms with E-state index in [-0.39, 0.29) is 6.10 Å². The van der Waals surface area contributed by atoms with Gasteiger partial charge in [0.05, 0.1) is 18.9 Å². The maximum Gasteiger partial charge on any atom is 0.132 e. The van der Waals surface area contributed by atoms with Gasteiger partial charge >= 0.3 is 0 Å². The number of nitrogens with zero attached hydrogens (tertiary/aromatic N) is 3. The van der Waals surface area contributed by atoms with E-state index in [0.29, 0.717) is 5.92 Å². The van der Waals surface area contributed by atoms with Crippen LogP contribution in [0, 0.1) is 0 Å². The van der Waals surface area contributed by atoms with Gasteiger partial charge in [0.1, 0.15) is 11.6 Å². The highest BCUT2D eigenvalue weighted by atomic mass is 16.5. The molecule has 5 heteroatoms. The Kier molecular flexibility index (Phi) is 6.00. The van der Waals surface area contributed by atoms with Crippen LogP contribution in [0.5, 0.6) is 5.75 Å². The van der Waals surface area contributed by atoms with Crippen LogP contribution in [0.3, 0.4) is 0 Å². The molecule has 1 saturated heterocycles. The fourth-order valence-corrected chi connectivity index (χ4v) is 3.38. The molecule has 3 rings (SSSR count). The van der Waals surface area contributed by atoms with Crippen LogP contribution in [0.15, 0.2) is 36.5 Å². The molecule has 5 nitrogen and oxygen atoms in total. The van der Waals surface area contributed by atoms with Crippen molar-refractivity contribution in [2.75, 3.05) is 26.7 Å². The summed E-state index contributed by atoms with van der Waals surface area (Å²) in [6, 6.07) is 9.88. The Morgan fingerprint density at radius 1 is 1.24 bits per heavy atom. The van der Waals surface area contributed by atoms with Crippen LogP contribution in [0.2, 0.25) is 0 Å². The monoisotopic (exact) mass is 341 g/mol. The van der Waals surface area contributed by atoms with E-state index < -0.39 is 0 Å². The second-order valence-corrected chi connectivity index (χ2v) is 6.64. The maximum atomic E-state index is 9.83. The van der Waals surface area contributed by atoms with Crippen molar-refractivity contribution in [2.24, 2.45) is 0 Å². The molecule has 0 radical (unpaired) electrons. The Hall–Kier alpha value is -1.98. The zero-order chi connectivity index (χ0) is 17.6. The standard InChI is InChI=1S/C20H27N3O2/c1-3-16(24)14-23-12-9-15(10-13-23)20-21-11-8-18(22-20)17-6-4-5-7-19(17)25-2/h4-8,11,15-16,24H,3,9-10,12-14H2,1-2H3/t16-/m1/s1. The maximum absolute atomic E-state index is 9.83. The number of aromatic nitrogens is 2. The number of methoxy groups -OCH3 is 1. The summed E-state index contributed by atoms with van der Waals surface area (Å²) in [7, 11) is 1.68. The van der Waals surface area contributed by atoms with E-state index in [1.54, 1.807) is 7.11 Å². The van der Waals surface area contributed by atoms with Gasteiger partial charge in [-0.15, -0.1) is 0 Å². The van der Waals surface area contributed by atoms with E-state index in [0.717, 1.165) is 61.7 Å². The molecule has 0 bridgehead atoms. The predicted molar refractivity (Wildman–Crippen MR) is 98.7 cm³/mol. The predicted octanol–water partition coefficient (Wildman–Crippen LogP) is 3.10. The third kappa shape index (κ3) is 4.35. The van der Waals surface area contributed by atoms with Crippen LogP contribution in [0.25, 0.3) is 11.3 Å². The Balaban J connectivity index is 1.71. The lowest BCUT2D eigenvalue weighted by Crippen LogP contribution is -2.38. The molecular weight excluding hydrogens is 314 g/mol. The zero-order valence-corrected chi connectivity index (χ0v) is 15.1. The van der Waals surface area contributed by atoms with Crippen molar-refractivity contribution < 1.29 is 9.84 Å². The van der Waals surface area contributed by atoms with Gasteiger partial charge in [0.2, 0.25) is 0 Å². The van der Waals surface area contributed by atoms with Gasteiger partial charge in [-0.05, 0) is 50.6 Å². The molecule has 0 unspecified atom stereocenters. The number of rotatable bonds is 6. The molecule has 1 aliphatic heterocycles. The van der Waals surface area contributed by atoms with E-state index in [1.165, 1.54) is 0 Å². The number of hydrogen-bond acceptors (Lipinski definition) is 5. The number of aliphatic hydroxyl groups excluding tert-OH is 1. The van der Waals surface area contributed by atoms with Crippen molar-refractivity contribution in [2.45, 2.75) is 38.2 Å². The van der Waals surface area contributed by atoms with Crippen LogP contribution < -0.4 is 4.74 Å². The highest BCUT2D eigenvalue weighted by Crippen LogP contribution is 2.30. The first-order valence-corrected chi connectivity index (χ1v) is 9.08. The highest BCUT2D eigenvalue weighted by molar-refractivity contribution is 5.66. The summed E-state index contributed by atoms with van der Waals surface area (Å²) in [5.74, 6) is 2.12. The summed E-state index contributed by atoms with van der Waals surface area (Å²) in [5.41, 5.74) is 1.91. The summed E-state index contributed by atoms with van der Waals surface area (Å²) < 4.78 is 5.46. The number of para-hydroxylation sites is 1. The lowest BCUT2D eigenvalue weighted by atomic mass is 9.95. The smallest absolute Gasteiger partial charge is 0.132 e. The Morgan fingerprint density at radius 2 is 2.00 bits per heavy atom. The second-order valence-electron chi connectivity index (χ2n) is 6.64. The van der Waals surface area contributed by atoms with Gasteiger partial charge in [-0.25, -0.2) is 9.97 Å². The molecule has 1 atom stereocenters. The lowest BCUT2D eigenvalue weighted by Gasteiger charge is -2.32. The molecule has 1 fully saturated rings. The summed E-state index contributed by atoms with van der Waals surface area (Å²) in [4.78, 5) is 11.7. The molecule has 2 aromatic rings. The fourth-order valence-electron chi connectivity index (χ4n) is 3.38. The van der Waals surface area contributed by atoms with Crippen molar-refractivity contribution in [3.63, 3.8) is 0 Å².